The van der Waals surface area contributed by atoms with Crippen LogP contribution in [-0.2, 0) is 5.54 Å². The van der Waals surface area contributed by atoms with Gasteiger partial charge in [0.05, 0.1) is 17.1 Å². The highest BCUT2D eigenvalue weighted by Gasteiger charge is 2.52. The van der Waals surface area contributed by atoms with Crippen LogP contribution in [0, 0.1) is 6.92 Å². The molecule has 2 N–H and O–H groups in total. The number of aryl methyl sites for hydroxylation is 1. The Morgan fingerprint density at radius 1 is 0.690 bits per heavy atom. The van der Waals surface area contributed by atoms with Crippen LogP contribution in [0.5, 0.6) is 0 Å². The molecule has 11 heteroatoms. The molecule has 0 aliphatic carbocycles. The normalized spacial score (nSPS) is 16.7. The van der Waals surface area contributed by atoms with E-state index in [1.54, 1.807) is 91.0 Å². The quantitative estimate of drug-likeness (QED) is 0.345. The van der Waals surface area contributed by atoms with E-state index in [4.69, 9.17) is 4.99 Å². The Bertz CT molecular complexity index is 2230. The van der Waals surface area contributed by atoms with Gasteiger partial charge in [-0.3, -0.25) is 4.98 Å². The van der Waals surface area contributed by atoms with Crippen LogP contribution < -0.4 is 22.8 Å². The number of nitrogens with one attached hydrogen (secondary N) is 2. The van der Waals surface area contributed by atoms with Crippen molar-refractivity contribution in [2.24, 2.45) is 4.99 Å². The van der Waals surface area contributed by atoms with Gasteiger partial charge in [0.15, 0.2) is 11.4 Å². The molecule has 0 spiro atoms. The molecular weight excluding hydrogens is 534 g/mol. The van der Waals surface area contributed by atoms with E-state index in [9.17, 15) is 19.2 Å². The molecular formula is C31H23N7O4. The average Bonchev–Trinajstić information content (AvgIpc) is 3.49. The van der Waals surface area contributed by atoms with Crippen LogP contribution in [0.2, 0.25) is 0 Å². The van der Waals surface area contributed by atoms with E-state index in [1.807, 2.05) is 25.1 Å². The standard InChI is InChI=1S/C31H23N7O4/c1-20-16-18-22(19-17-20)32-26-31(21-10-4-2-5-11-21,38-28(40)33-27(39)34-38)24-14-8-9-15-25(24)36-29(41)35(30(42)37(26)36)23-12-6-3-7-13-23/h2-19H,1H3,(H2,33,34,39,40). The molecule has 11 nitrogen and oxygen atoms in total. The first-order valence-electron chi connectivity index (χ1n) is 13.2. The molecule has 1 atom stereocenters. The molecule has 1 aliphatic rings. The zero-order valence-corrected chi connectivity index (χ0v) is 22.3. The number of nitrogens with zero attached hydrogens (tertiary/aromatic N) is 5. The first kappa shape index (κ1) is 25.0. The maximum Gasteiger partial charge on any atom is 0.358 e. The van der Waals surface area contributed by atoms with Gasteiger partial charge >= 0.3 is 22.8 Å². The molecule has 3 heterocycles. The number of aromatic nitrogens is 6. The molecule has 0 saturated carbocycles. The average molecular weight is 558 g/mol. The molecule has 1 aliphatic heterocycles. The first-order chi connectivity index (χ1) is 20.4. The number of fused-ring (bicyclic) bond motifs is 3. The lowest BCUT2D eigenvalue weighted by molar-refractivity contribution is 0.448. The van der Waals surface area contributed by atoms with E-state index in [0.717, 1.165) is 14.8 Å². The van der Waals surface area contributed by atoms with Gasteiger partial charge in [0.1, 0.15) is 0 Å². The molecule has 0 amide bonds. The highest BCUT2D eigenvalue weighted by Crippen LogP contribution is 2.41. The van der Waals surface area contributed by atoms with Gasteiger partial charge in [0, 0.05) is 5.56 Å². The SMILES string of the molecule is Cc1ccc(N=C2n3c(=O)n(-c4ccccc4)c(=O)n3-c3ccccc3C2(c2ccccc2)n2[nH]c(=O)[nH]c2=O)cc1. The largest absolute Gasteiger partial charge is 0.358 e. The van der Waals surface area contributed by atoms with E-state index in [-0.39, 0.29) is 5.84 Å². The number of para-hydroxylation sites is 2. The fourth-order valence-corrected chi connectivity index (χ4v) is 5.63. The van der Waals surface area contributed by atoms with Crippen molar-refractivity contribution >= 4 is 11.5 Å². The van der Waals surface area contributed by atoms with E-state index >= 15 is 0 Å². The van der Waals surface area contributed by atoms with Gasteiger partial charge < -0.3 is 0 Å². The predicted octanol–water partition coefficient (Wildman–Crippen LogP) is 2.66. The van der Waals surface area contributed by atoms with Gasteiger partial charge in [0.25, 0.3) is 0 Å². The third kappa shape index (κ3) is 3.50. The number of hydrogen-bond acceptors (Lipinski definition) is 5. The predicted molar refractivity (Wildman–Crippen MR) is 158 cm³/mol. The molecule has 6 aromatic rings. The summed E-state index contributed by atoms with van der Waals surface area (Å²) in [5.74, 6) is 0.0189. The van der Waals surface area contributed by atoms with Crippen molar-refractivity contribution in [3.63, 3.8) is 0 Å². The van der Waals surface area contributed by atoms with Crippen molar-refractivity contribution in [1.82, 2.24) is 28.7 Å². The van der Waals surface area contributed by atoms with Crippen molar-refractivity contribution in [3.05, 3.63) is 168 Å². The third-order valence-electron chi connectivity index (χ3n) is 7.44. The maximum absolute atomic E-state index is 14.4. The molecule has 0 radical (unpaired) electrons. The number of hydrogen-bond donors (Lipinski definition) is 2. The van der Waals surface area contributed by atoms with Gasteiger partial charge in [-0.25, -0.2) is 38.5 Å². The molecule has 4 aromatic carbocycles. The second kappa shape index (κ2) is 9.30. The summed E-state index contributed by atoms with van der Waals surface area (Å²) in [6.45, 7) is 1.94. The Morgan fingerprint density at radius 3 is 1.98 bits per heavy atom. The van der Waals surface area contributed by atoms with Crippen LogP contribution in [0.1, 0.15) is 16.7 Å². The van der Waals surface area contributed by atoms with Crippen molar-refractivity contribution in [2.45, 2.75) is 12.5 Å². The molecule has 0 saturated heterocycles. The fraction of sp³-hybridized carbons (Fsp3) is 0.0645. The number of rotatable bonds is 4. The molecule has 42 heavy (non-hydrogen) atoms. The fourth-order valence-electron chi connectivity index (χ4n) is 5.63. The summed E-state index contributed by atoms with van der Waals surface area (Å²) in [5, 5.41) is 2.63. The van der Waals surface area contributed by atoms with Crippen LogP contribution in [0.4, 0.5) is 5.69 Å². The Labute approximate surface area is 236 Å². The number of benzene rings is 4. The minimum Gasteiger partial charge on any atom is -0.257 e. The lowest BCUT2D eigenvalue weighted by Gasteiger charge is -2.40. The van der Waals surface area contributed by atoms with Gasteiger partial charge in [-0.1, -0.05) is 84.4 Å². The van der Waals surface area contributed by atoms with Gasteiger partial charge in [-0.2, -0.15) is 9.36 Å². The summed E-state index contributed by atoms with van der Waals surface area (Å²) in [5.41, 5.74) is -1.33. The second-order valence-electron chi connectivity index (χ2n) is 9.93. The van der Waals surface area contributed by atoms with E-state index in [2.05, 4.69) is 10.1 Å². The molecule has 1 unspecified atom stereocenters. The summed E-state index contributed by atoms with van der Waals surface area (Å²) in [4.78, 5) is 61.9. The van der Waals surface area contributed by atoms with Crippen LogP contribution in [0.25, 0.3) is 11.4 Å². The van der Waals surface area contributed by atoms with Gasteiger partial charge in [-0.05, 0) is 42.8 Å². The lowest BCUT2D eigenvalue weighted by atomic mass is 9.79. The smallest absolute Gasteiger partial charge is 0.257 e. The van der Waals surface area contributed by atoms with Crippen LogP contribution in [0.15, 0.2) is 133 Å². The Hall–Kier alpha value is -5.97. The van der Waals surface area contributed by atoms with E-state index in [1.165, 1.54) is 9.36 Å². The highest BCUT2D eigenvalue weighted by atomic mass is 16.2. The monoisotopic (exact) mass is 557 g/mol. The first-order valence-corrected chi connectivity index (χ1v) is 13.2. The Kier molecular flexibility index (Phi) is 5.54. The zero-order chi connectivity index (χ0) is 29.0. The highest BCUT2D eigenvalue weighted by molar-refractivity contribution is 6.01. The van der Waals surface area contributed by atoms with Crippen molar-refractivity contribution in [3.8, 4) is 11.4 Å². The number of aliphatic imine (C=N–C) groups is 1. The Morgan fingerprint density at radius 2 is 1.31 bits per heavy atom. The van der Waals surface area contributed by atoms with Crippen molar-refractivity contribution < 1.29 is 0 Å². The van der Waals surface area contributed by atoms with Gasteiger partial charge in [-0.15, -0.1) is 0 Å². The summed E-state index contributed by atoms with van der Waals surface area (Å²) in [6, 6.07) is 31.8. The minimum atomic E-state index is -1.68. The molecule has 206 valence electrons. The molecule has 2 aromatic heterocycles. The number of aromatic amines is 2. The lowest BCUT2D eigenvalue weighted by Crippen LogP contribution is -2.58. The third-order valence-corrected chi connectivity index (χ3v) is 7.44. The van der Waals surface area contributed by atoms with Crippen molar-refractivity contribution in [2.75, 3.05) is 0 Å². The molecule has 0 fully saturated rings. The molecule has 7 rings (SSSR count). The minimum absolute atomic E-state index is 0.0189. The van der Waals surface area contributed by atoms with Gasteiger partial charge in [0.2, 0.25) is 0 Å². The number of H-pyrrole nitrogens is 2. The maximum atomic E-state index is 14.4. The van der Waals surface area contributed by atoms with E-state index in [0.29, 0.717) is 28.2 Å². The summed E-state index contributed by atoms with van der Waals surface area (Å²) in [7, 11) is 0. The van der Waals surface area contributed by atoms with Crippen LogP contribution in [0.3, 0.4) is 0 Å². The Balaban J connectivity index is 1.73. The van der Waals surface area contributed by atoms with Crippen LogP contribution in [-0.4, -0.2) is 34.5 Å². The molecule has 0 bridgehead atoms. The summed E-state index contributed by atoms with van der Waals surface area (Å²) < 4.78 is 4.64. The topological polar surface area (TPSA) is 132 Å². The van der Waals surface area contributed by atoms with E-state index < -0.39 is 28.3 Å². The summed E-state index contributed by atoms with van der Waals surface area (Å²) in [6.07, 6.45) is 0. The van der Waals surface area contributed by atoms with Crippen LogP contribution >= 0.6 is 0 Å². The summed E-state index contributed by atoms with van der Waals surface area (Å²) >= 11 is 0. The van der Waals surface area contributed by atoms with Crippen molar-refractivity contribution in [1.29, 1.82) is 0 Å². The second-order valence-corrected chi connectivity index (χ2v) is 9.93. The zero-order valence-electron chi connectivity index (χ0n) is 22.3.